The monoisotopic (exact) mass is 475 g/mol. The maximum Gasteiger partial charge on any atom is 0.413 e. The molecule has 0 bridgehead atoms. The molecular weight excluding hydrogens is 446 g/mol. The van der Waals surface area contributed by atoms with Gasteiger partial charge in [-0.3, -0.25) is 19.5 Å². The summed E-state index contributed by atoms with van der Waals surface area (Å²) in [6.45, 7) is 8.83. The van der Waals surface area contributed by atoms with E-state index in [1.807, 2.05) is 13.8 Å². The number of amides is 2. The lowest BCUT2D eigenvalue weighted by Crippen LogP contribution is -2.36. The standard InChI is InChI=1S/C22H29N5O7/c1-11(2)10-26-18-13(8-9-14(28)29)16(24-21(33)34-22(3,4)5)25-27(18)20(32)15(19(26)31)17(30)23-12-6-7-12/h8-9,11-12,32H,6-7,10H2,1-5H3,(H,23,30)(H,28,29)(H,24,25,33)/b9-8+. The number of carbonyl (C=O) groups excluding carboxylic acids is 2. The van der Waals surface area contributed by atoms with Crippen LogP contribution in [0.25, 0.3) is 11.7 Å². The summed E-state index contributed by atoms with van der Waals surface area (Å²) in [4.78, 5) is 49.7. The summed E-state index contributed by atoms with van der Waals surface area (Å²) < 4.78 is 7.43. The maximum atomic E-state index is 13.3. The van der Waals surface area contributed by atoms with Gasteiger partial charge in [-0.25, -0.2) is 9.59 Å². The minimum Gasteiger partial charge on any atom is -0.492 e. The summed E-state index contributed by atoms with van der Waals surface area (Å²) >= 11 is 0. The third-order valence-corrected chi connectivity index (χ3v) is 4.73. The van der Waals surface area contributed by atoms with Crippen molar-refractivity contribution in [3.63, 3.8) is 0 Å². The van der Waals surface area contributed by atoms with Gasteiger partial charge in [0.2, 0.25) is 5.88 Å². The molecule has 2 amide bonds. The van der Waals surface area contributed by atoms with E-state index in [1.165, 1.54) is 4.57 Å². The van der Waals surface area contributed by atoms with Crippen LogP contribution >= 0.6 is 0 Å². The maximum absolute atomic E-state index is 13.3. The molecule has 2 aromatic rings. The van der Waals surface area contributed by atoms with Crippen LogP contribution in [0.1, 0.15) is 63.4 Å². The SMILES string of the molecule is CC(C)Cn1c(=O)c(C(=O)NC2CC2)c(O)n2nc(NC(=O)OC(C)(C)C)c(/C=C/C(=O)O)c12. The van der Waals surface area contributed by atoms with Crippen LogP contribution < -0.4 is 16.2 Å². The van der Waals surface area contributed by atoms with E-state index in [4.69, 9.17) is 9.84 Å². The van der Waals surface area contributed by atoms with E-state index in [-0.39, 0.29) is 35.5 Å². The van der Waals surface area contributed by atoms with Crippen LogP contribution in [0, 0.1) is 5.92 Å². The smallest absolute Gasteiger partial charge is 0.413 e. The van der Waals surface area contributed by atoms with Gasteiger partial charge in [-0.05, 0) is 45.6 Å². The normalized spacial score (nSPS) is 14.1. The number of hydrogen-bond donors (Lipinski definition) is 4. The number of carboxylic acid groups (broad SMARTS) is 1. The third kappa shape index (κ3) is 5.56. The predicted molar refractivity (Wildman–Crippen MR) is 123 cm³/mol. The molecule has 2 aromatic heterocycles. The van der Waals surface area contributed by atoms with E-state index in [1.54, 1.807) is 20.8 Å². The van der Waals surface area contributed by atoms with E-state index in [9.17, 15) is 24.3 Å². The van der Waals surface area contributed by atoms with Crippen molar-refractivity contribution in [2.75, 3.05) is 5.32 Å². The lowest BCUT2D eigenvalue weighted by atomic mass is 10.2. The number of anilines is 1. The Labute approximate surface area is 195 Å². The van der Waals surface area contributed by atoms with Gasteiger partial charge in [0.25, 0.3) is 11.5 Å². The third-order valence-electron chi connectivity index (χ3n) is 4.73. The van der Waals surface area contributed by atoms with Crippen LogP contribution in [0.15, 0.2) is 10.9 Å². The Hall–Kier alpha value is -3.83. The zero-order valence-electron chi connectivity index (χ0n) is 19.7. The van der Waals surface area contributed by atoms with Crippen LogP contribution in [0.2, 0.25) is 0 Å². The van der Waals surface area contributed by atoms with Crippen LogP contribution in [0.4, 0.5) is 10.6 Å². The molecule has 0 saturated heterocycles. The van der Waals surface area contributed by atoms with E-state index >= 15 is 0 Å². The zero-order chi connectivity index (χ0) is 25.4. The number of aromatic hydroxyl groups is 1. The number of hydrogen-bond acceptors (Lipinski definition) is 7. The number of aromatic nitrogens is 3. The molecule has 4 N–H and O–H groups in total. The number of ether oxygens (including phenoxy) is 1. The van der Waals surface area contributed by atoms with Crippen LogP contribution in [-0.4, -0.2) is 54.0 Å². The highest BCUT2D eigenvalue weighted by Gasteiger charge is 2.31. The molecule has 12 heteroatoms. The average Bonchev–Trinajstić information content (AvgIpc) is 3.41. The molecule has 1 fully saturated rings. The number of nitrogens with zero attached hydrogens (tertiary/aromatic N) is 3. The highest BCUT2D eigenvalue weighted by atomic mass is 16.6. The number of nitrogens with one attached hydrogen (secondary N) is 2. The summed E-state index contributed by atoms with van der Waals surface area (Å²) in [5.41, 5.74) is -2.00. The van der Waals surface area contributed by atoms with Gasteiger partial charge in [0.1, 0.15) is 5.60 Å². The number of carbonyl (C=O) groups is 3. The van der Waals surface area contributed by atoms with Gasteiger partial charge in [0, 0.05) is 18.7 Å². The minimum absolute atomic E-state index is 0.0164. The molecule has 3 rings (SSSR count). The largest absolute Gasteiger partial charge is 0.492 e. The molecule has 0 aliphatic heterocycles. The minimum atomic E-state index is -1.27. The quantitative estimate of drug-likeness (QED) is 0.443. The second-order valence-corrected chi connectivity index (χ2v) is 9.55. The molecule has 1 aliphatic rings. The Balaban J connectivity index is 2.27. The fourth-order valence-corrected chi connectivity index (χ4v) is 3.28. The second-order valence-electron chi connectivity index (χ2n) is 9.55. The highest BCUT2D eigenvalue weighted by Crippen LogP contribution is 2.28. The second kappa shape index (κ2) is 9.20. The molecule has 0 spiro atoms. The Morgan fingerprint density at radius 1 is 1.26 bits per heavy atom. The molecule has 0 atom stereocenters. The highest BCUT2D eigenvalue weighted by molar-refractivity contribution is 5.98. The van der Waals surface area contributed by atoms with Crippen LogP contribution in [-0.2, 0) is 16.1 Å². The van der Waals surface area contributed by atoms with Crippen molar-refractivity contribution in [3.05, 3.63) is 27.6 Å². The fourth-order valence-electron chi connectivity index (χ4n) is 3.28. The van der Waals surface area contributed by atoms with Crippen molar-refractivity contribution in [1.82, 2.24) is 19.5 Å². The Morgan fingerprint density at radius 3 is 2.44 bits per heavy atom. The number of carboxylic acids is 1. The Bertz CT molecular complexity index is 1230. The molecular formula is C22H29N5O7. The predicted octanol–water partition coefficient (Wildman–Crippen LogP) is 2.19. The van der Waals surface area contributed by atoms with Crippen molar-refractivity contribution in [2.45, 2.75) is 65.6 Å². The summed E-state index contributed by atoms with van der Waals surface area (Å²) in [6.07, 6.45) is 2.66. The molecule has 0 radical (unpaired) electrons. The van der Waals surface area contributed by atoms with Gasteiger partial charge < -0.3 is 20.3 Å². The Kier molecular flexibility index (Phi) is 6.71. The molecule has 0 unspecified atom stereocenters. The van der Waals surface area contributed by atoms with Crippen LogP contribution in [0.3, 0.4) is 0 Å². The summed E-state index contributed by atoms with van der Waals surface area (Å²) in [5, 5.41) is 29.3. The summed E-state index contributed by atoms with van der Waals surface area (Å²) in [5.74, 6) is -2.94. The number of fused-ring (bicyclic) bond motifs is 1. The summed E-state index contributed by atoms with van der Waals surface area (Å²) in [6, 6.07) is -0.0587. The van der Waals surface area contributed by atoms with E-state index in [0.29, 0.717) is 0 Å². The number of aliphatic carboxylic acids is 1. The van der Waals surface area contributed by atoms with E-state index in [0.717, 1.165) is 29.5 Å². The zero-order valence-corrected chi connectivity index (χ0v) is 19.7. The first-order valence-corrected chi connectivity index (χ1v) is 10.9. The first-order valence-electron chi connectivity index (χ1n) is 10.9. The van der Waals surface area contributed by atoms with Gasteiger partial charge in [-0.1, -0.05) is 13.8 Å². The van der Waals surface area contributed by atoms with Gasteiger partial charge in [0.15, 0.2) is 17.0 Å². The van der Waals surface area contributed by atoms with Gasteiger partial charge in [0.05, 0.1) is 5.56 Å². The van der Waals surface area contributed by atoms with E-state index < -0.39 is 40.6 Å². The van der Waals surface area contributed by atoms with Crippen molar-refractivity contribution < 1.29 is 29.3 Å². The lowest BCUT2D eigenvalue weighted by Gasteiger charge is -2.19. The fraction of sp³-hybridized carbons (Fsp3) is 0.500. The van der Waals surface area contributed by atoms with Crippen molar-refractivity contribution in [3.8, 4) is 5.88 Å². The first-order chi connectivity index (χ1) is 15.8. The van der Waals surface area contributed by atoms with Gasteiger partial charge >= 0.3 is 12.1 Å². The van der Waals surface area contributed by atoms with Crippen molar-refractivity contribution in [2.24, 2.45) is 5.92 Å². The molecule has 12 nitrogen and oxygen atoms in total. The molecule has 1 saturated carbocycles. The lowest BCUT2D eigenvalue weighted by molar-refractivity contribution is -0.131. The average molecular weight is 476 g/mol. The first kappa shape index (κ1) is 24.8. The van der Waals surface area contributed by atoms with Gasteiger partial charge in [-0.2, -0.15) is 4.52 Å². The van der Waals surface area contributed by atoms with Gasteiger partial charge in [-0.15, -0.1) is 5.10 Å². The number of rotatable bonds is 7. The Morgan fingerprint density at radius 2 is 1.91 bits per heavy atom. The topological polar surface area (TPSA) is 164 Å². The molecule has 0 aromatic carbocycles. The van der Waals surface area contributed by atoms with Crippen molar-refractivity contribution in [1.29, 1.82) is 0 Å². The van der Waals surface area contributed by atoms with Crippen molar-refractivity contribution >= 4 is 35.5 Å². The van der Waals surface area contributed by atoms with Crippen LogP contribution in [0.5, 0.6) is 5.88 Å². The molecule has 2 heterocycles. The molecule has 34 heavy (non-hydrogen) atoms. The summed E-state index contributed by atoms with van der Waals surface area (Å²) in [7, 11) is 0. The molecule has 184 valence electrons. The molecule has 1 aliphatic carbocycles. The van der Waals surface area contributed by atoms with E-state index in [2.05, 4.69) is 15.7 Å².